The molecule has 2 amide bonds. The van der Waals surface area contributed by atoms with E-state index in [2.05, 4.69) is 29.4 Å². The summed E-state index contributed by atoms with van der Waals surface area (Å²) in [5.41, 5.74) is 5.41. The normalized spacial score (nSPS) is 22.9. The molecular weight excluding hydrogens is 480 g/mol. The van der Waals surface area contributed by atoms with Gasteiger partial charge in [0.2, 0.25) is 0 Å². The van der Waals surface area contributed by atoms with E-state index < -0.39 is 17.8 Å². The smallest absolute Gasteiger partial charge is 0.338 e. The lowest BCUT2D eigenvalue weighted by Gasteiger charge is -2.45. The number of hydrogen-bond acceptors (Lipinski definition) is 6. The maximum absolute atomic E-state index is 13.7. The summed E-state index contributed by atoms with van der Waals surface area (Å²) in [6.07, 6.45) is 1.37. The van der Waals surface area contributed by atoms with Gasteiger partial charge in [0.1, 0.15) is 11.5 Å². The van der Waals surface area contributed by atoms with Gasteiger partial charge in [-0.1, -0.05) is 66.7 Å². The van der Waals surface area contributed by atoms with E-state index in [9.17, 15) is 14.4 Å². The number of carbonyl (C=O) groups is 3. The fourth-order valence-corrected chi connectivity index (χ4v) is 6.44. The largest absolute Gasteiger partial charge is 0.465 e. The van der Waals surface area contributed by atoms with Gasteiger partial charge in [-0.3, -0.25) is 9.59 Å². The first kappa shape index (κ1) is 22.4. The lowest BCUT2D eigenvalue weighted by molar-refractivity contribution is -0.139. The second kappa shape index (κ2) is 8.38. The van der Waals surface area contributed by atoms with Gasteiger partial charge in [-0.25, -0.2) is 4.79 Å². The van der Waals surface area contributed by atoms with Gasteiger partial charge < -0.3 is 9.15 Å². The molecule has 0 N–H and O–H groups in total. The van der Waals surface area contributed by atoms with Crippen molar-refractivity contribution in [3.05, 3.63) is 119 Å². The summed E-state index contributed by atoms with van der Waals surface area (Å²) in [6.45, 7) is 0. The van der Waals surface area contributed by atoms with Crippen molar-refractivity contribution in [3.63, 3.8) is 0 Å². The van der Waals surface area contributed by atoms with Crippen molar-refractivity contribution in [2.75, 3.05) is 7.11 Å². The van der Waals surface area contributed by atoms with Crippen LogP contribution in [0.25, 0.3) is 11.3 Å². The molecule has 7 heteroatoms. The summed E-state index contributed by atoms with van der Waals surface area (Å²) in [5, 5.41) is 5.32. The van der Waals surface area contributed by atoms with Gasteiger partial charge in [-0.2, -0.15) is 10.1 Å². The molecule has 2 heterocycles. The van der Waals surface area contributed by atoms with Gasteiger partial charge in [-0.15, -0.1) is 0 Å². The molecule has 2 atom stereocenters. The second-order valence-corrected chi connectivity index (χ2v) is 9.74. The molecule has 1 aliphatic heterocycles. The third-order valence-corrected chi connectivity index (χ3v) is 7.95. The zero-order chi connectivity index (χ0) is 26.0. The summed E-state index contributed by atoms with van der Waals surface area (Å²) >= 11 is 0. The van der Waals surface area contributed by atoms with E-state index in [1.165, 1.54) is 13.3 Å². The Labute approximate surface area is 218 Å². The zero-order valence-corrected chi connectivity index (χ0v) is 20.4. The van der Waals surface area contributed by atoms with Crippen LogP contribution >= 0.6 is 0 Å². The number of rotatable bonds is 4. The molecule has 1 aromatic heterocycles. The van der Waals surface area contributed by atoms with E-state index in [0.29, 0.717) is 22.6 Å². The number of imide groups is 1. The Balaban J connectivity index is 1.22. The van der Waals surface area contributed by atoms with Crippen LogP contribution in [0.4, 0.5) is 0 Å². The molecule has 7 nitrogen and oxygen atoms in total. The quantitative estimate of drug-likeness (QED) is 0.224. The van der Waals surface area contributed by atoms with Crippen LogP contribution in [0, 0.1) is 11.8 Å². The van der Waals surface area contributed by atoms with Crippen LogP contribution in [0.5, 0.6) is 0 Å². The fourth-order valence-electron chi connectivity index (χ4n) is 6.44. The highest BCUT2D eigenvalue weighted by molar-refractivity contribution is 6.08. The predicted molar refractivity (Wildman–Crippen MR) is 138 cm³/mol. The average molecular weight is 503 g/mol. The maximum atomic E-state index is 13.7. The SMILES string of the molecule is COC(=O)c1ccccc1-c1ccc(/C=N\N2C(=O)[C@H]3C4c5ccccc5C(c5ccccc54)[C@@H]3C2=O)o1. The second-order valence-electron chi connectivity index (χ2n) is 9.74. The minimum atomic E-state index is -0.492. The highest BCUT2D eigenvalue weighted by Crippen LogP contribution is 2.60. The van der Waals surface area contributed by atoms with E-state index >= 15 is 0 Å². The van der Waals surface area contributed by atoms with Gasteiger partial charge in [0.25, 0.3) is 11.8 Å². The maximum Gasteiger partial charge on any atom is 0.338 e. The number of hydrazone groups is 1. The summed E-state index contributed by atoms with van der Waals surface area (Å²) < 4.78 is 10.8. The third-order valence-electron chi connectivity index (χ3n) is 7.95. The number of hydrogen-bond donors (Lipinski definition) is 0. The number of ether oxygens (including phenoxy) is 1. The van der Waals surface area contributed by atoms with Gasteiger partial charge in [0.15, 0.2) is 0 Å². The van der Waals surface area contributed by atoms with Crippen LogP contribution in [-0.4, -0.2) is 36.1 Å². The van der Waals surface area contributed by atoms with Crippen LogP contribution in [0.1, 0.15) is 50.2 Å². The van der Waals surface area contributed by atoms with Crippen LogP contribution in [0.2, 0.25) is 0 Å². The molecule has 4 aromatic rings. The third kappa shape index (κ3) is 3.08. The number of nitrogens with zero attached hydrogens (tertiary/aromatic N) is 2. The number of esters is 1. The molecule has 8 rings (SSSR count). The number of methoxy groups -OCH3 is 1. The van der Waals surface area contributed by atoms with E-state index in [0.717, 1.165) is 27.3 Å². The van der Waals surface area contributed by atoms with Gasteiger partial charge in [0, 0.05) is 17.4 Å². The van der Waals surface area contributed by atoms with Crippen molar-refractivity contribution in [2.24, 2.45) is 16.9 Å². The van der Waals surface area contributed by atoms with Crippen molar-refractivity contribution >= 4 is 24.0 Å². The Bertz CT molecular complexity index is 1550. The average Bonchev–Trinajstić information content (AvgIpc) is 3.54. The first-order chi connectivity index (χ1) is 18.6. The van der Waals surface area contributed by atoms with Gasteiger partial charge in [-0.05, 0) is 40.5 Å². The van der Waals surface area contributed by atoms with Crippen molar-refractivity contribution in [2.45, 2.75) is 11.8 Å². The van der Waals surface area contributed by atoms with E-state index in [-0.39, 0.29) is 23.7 Å². The lowest BCUT2D eigenvalue weighted by atomic mass is 9.55. The molecule has 0 spiro atoms. The number of carbonyl (C=O) groups excluding carboxylic acids is 3. The highest BCUT2D eigenvalue weighted by atomic mass is 16.5. The Morgan fingerprint density at radius 3 is 1.87 bits per heavy atom. The molecule has 186 valence electrons. The molecule has 0 unspecified atom stereocenters. The summed E-state index contributed by atoms with van der Waals surface area (Å²) in [4.78, 5) is 39.5. The standard InChI is InChI=1S/C31H22N2O5/c1-37-31(36)23-13-7-2-8-18(23)24-15-14-17(38-24)16-32-33-29(34)27-25-19-9-3-4-10-20(19)26(28(27)30(33)35)22-12-6-5-11-21(22)25/h2-16,25-28H,1H3/b32-16-/t25?,26?,27-,28-/m0/s1. The first-order valence-electron chi connectivity index (χ1n) is 12.5. The van der Waals surface area contributed by atoms with Crippen molar-refractivity contribution in [1.29, 1.82) is 0 Å². The Kier molecular flexibility index (Phi) is 4.94. The minimum absolute atomic E-state index is 0.181. The molecule has 0 saturated carbocycles. The molecule has 1 fully saturated rings. The molecule has 4 aliphatic rings. The van der Waals surface area contributed by atoms with Crippen LogP contribution in [-0.2, 0) is 14.3 Å². The van der Waals surface area contributed by atoms with E-state index in [4.69, 9.17) is 9.15 Å². The fraction of sp³-hybridized carbons (Fsp3) is 0.161. The minimum Gasteiger partial charge on any atom is -0.465 e. The predicted octanol–water partition coefficient (Wildman–Crippen LogP) is 4.96. The van der Waals surface area contributed by atoms with E-state index in [1.54, 1.807) is 36.4 Å². The number of furan rings is 1. The first-order valence-corrected chi connectivity index (χ1v) is 12.5. The Morgan fingerprint density at radius 1 is 0.789 bits per heavy atom. The van der Waals surface area contributed by atoms with Crippen molar-refractivity contribution in [1.82, 2.24) is 5.01 Å². The molecular formula is C31H22N2O5. The van der Waals surface area contributed by atoms with Crippen LogP contribution in [0.3, 0.4) is 0 Å². The lowest BCUT2D eigenvalue weighted by Crippen LogP contribution is -2.41. The Morgan fingerprint density at radius 2 is 1.32 bits per heavy atom. The van der Waals surface area contributed by atoms with Crippen LogP contribution < -0.4 is 0 Å². The Hall–Kier alpha value is -4.78. The monoisotopic (exact) mass is 502 g/mol. The van der Waals surface area contributed by atoms with Crippen molar-refractivity contribution < 1.29 is 23.5 Å². The van der Waals surface area contributed by atoms with Gasteiger partial charge in [0.05, 0.1) is 30.7 Å². The highest BCUT2D eigenvalue weighted by Gasteiger charge is 2.61. The topological polar surface area (TPSA) is 89.2 Å². The molecule has 2 bridgehead atoms. The summed E-state index contributed by atoms with van der Waals surface area (Å²) in [6, 6.07) is 26.6. The van der Waals surface area contributed by atoms with Gasteiger partial charge >= 0.3 is 5.97 Å². The molecule has 3 aromatic carbocycles. The van der Waals surface area contributed by atoms with Crippen molar-refractivity contribution in [3.8, 4) is 11.3 Å². The summed E-state index contributed by atoms with van der Waals surface area (Å²) in [5.74, 6) is -1.61. The molecule has 0 radical (unpaired) electrons. The number of amides is 2. The number of benzene rings is 3. The molecule has 1 saturated heterocycles. The summed E-state index contributed by atoms with van der Waals surface area (Å²) in [7, 11) is 1.32. The molecule has 3 aliphatic carbocycles. The molecule has 38 heavy (non-hydrogen) atoms. The van der Waals surface area contributed by atoms with Crippen LogP contribution in [0.15, 0.2) is 94.4 Å². The van der Waals surface area contributed by atoms with E-state index in [1.807, 2.05) is 24.3 Å². The zero-order valence-electron chi connectivity index (χ0n) is 20.4.